The quantitative estimate of drug-likeness (QED) is 0.154. The smallest absolute Gasteiger partial charge is 0.335 e. The monoisotopic (exact) mass is 558 g/mol. The van der Waals surface area contributed by atoms with E-state index in [1.165, 1.54) is 36.4 Å². The van der Waals surface area contributed by atoms with Crippen LogP contribution in [0.4, 0.5) is 0 Å². The first kappa shape index (κ1) is 24.7. The average Bonchev–Trinajstić information content (AvgIpc) is 3.71. The summed E-state index contributed by atoms with van der Waals surface area (Å²) in [4.78, 5) is 58.0. The van der Waals surface area contributed by atoms with E-state index in [1.807, 2.05) is 18.2 Å². The fourth-order valence-electron chi connectivity index (χ4n) is 4.88. The highest BCUT2D eigenvalue weighted by Gasteiger charge is 2.17. The molecule has 0 fully saturated rings. The van der Waals surface area contributed by atoms with Crippen molar-refractivity contribution < 1.29 is 29.7 Å². The first-order valence-electron chi connectivity index (χ1n) is 12.6. The normalized spacial score (nSPS) is 11.4. The number of hydrogen-bond donors (Lipinski definition) is 6. The van der Waals surface area contributed by atoms with E-state index < -0.39 is 17.9 Å². The number of aromatic amines is 3. The van der Waals surface area contributed by atoms with Gasteiger partial charge >= 0.3 is 17.9 Å². The Morgan fingerprint density at radius 3 is 1.00 bits per heavy atom. The molecule has 12 heteroatoms. The number of nitrogens with zero attached hydrogens (tertiary/aromatic N) is 3. The number of carboxylic acid groups (broad SMARTS) is 3. The topological polar surface area (TPSA) is 198 Å². The van der Waals surface area contributed by atoms with Gasteiger partial charge in [-0.1, -0.05) is 0 Å². The predicted molar refractivity (Wildman–Crippen MR) is 153 cm³/mol. The summed E-state index contributed by atoms with van der Waals surface area (Å²) in [6, 6.07) is 19.4. The van der Waals surface area contributed by atoms with Crippen LogP contribution in [0, 0.1) is 0 Å². The molecular weight excluding hydrogens is 540 g/mol. The molecule has 0 spiro atoms. The Hall–Kier alpha value is -6.30. The molecule has 0 bridgehead atoms. The maximum atomic E-state index is 11.5. The molecule has 12 nitrogen and oxygen atoms in total. The lowest BCUT2D eigenvalue weighted by molar-refractivity contribution is 0.0686. The Bertz CT molecular complexity index is 2000. The second kappa shape index (κ2) is 9.13. The number of carbonyl (C=O) groups is 3. The van der Waals surface area contributed by atoms with E-state index in [4.69, 9.17) is 0 Å². The molecule has 3 heterocycles. The standard InChI is InChI=1S/C30H18N6O6/c37-28(38)13-1-4-19-22(10-13)34-25(31-19)16-7-17(26-32-20-5-2-14(29(39)40)11-23(20)35-26)9-18(8-16)27-33-21-6-3-15(30(41)42)12-24(21)36-27/h1-12H,(H,31,34)(H,32,35)(H,33,36)(H,37,38)(H,39,40)(H,41,42). The highest BCUT2D eigenvalue weighted by Crippen LogP contribution is 2.33. The summed E-state index contributed by atoms with van der Waals surface area (Å²) >= 11 is 0. The van der Waals surface area contributed by atoms with Gasteiger partial charge in [0, 0.05) is 16.7 Å². The van der Waals surface area contributed by atoms with Crippen LogP contribution in [0.3, 0.4) is 0 Å². The van der Waals surface area contributed by atoms with Crippen molar-refractivity contribution in [2.75, 3.05) is 0 Å². The van der Waals surface area contributed by atoms with E-state index in [0.29, 0.717) is 67.3 Å². The summed E-state index contributed by atoms with van der Waals surface area (Å²) in [5.74, 6) is -1.73. The summed E-state index contributed by atoms with van der Waals surface area (Å²) in [7, 11) is 0. The summed E-state index contributed by atoms with van der Waals surface area (Å²) in [6.07, 6.45) is 0. The van der Waals surface area contributed by atoms with Crippen LogP contribution in [0.15, 0.2) is 72.8 Å². The summed E-state index contributed by atoms with van der Waals surface area (Å²) < 4.78 is 0. The molecule has 0 saturated heterocycles. The van der Waals surface area contributed by atoms with Crippen molar-refractivity contribution in [3.63, 3.8) is 0 Å². The molecule has 0 atom stereocenters. The van der Waals surface area contributed by atoms with Gasteiger partial charge in [-0.25, -0.2) is 29.3 Å². The van der Waals surface area contributed by atoms with Crippen LogP contribution in [0.1, 0.15) is 31.1 Å². The minimum Gasteiger partial charge on any atom is -0.478 e. The molecule has 0 radical (unpaired) electrons. The first-order chi connectivity index (χ1) is 20.2. The number of aromatic carboxylic acids is 3. The van der Waals surface area contributed by atoms with E-state index in [1.54, 1.807) is 18.2 Å². The van der Waals surface area contributed by atoms with Gasteiger partial charge in [0.2, 0.25) is 0 Å². The largest absolute Gasteiger partial charge is 0.478 e. The van der Waals surface area contributed by atoms with Crippen LogP contribution >= 0.6 is 0 Å². The number of fused-ring (bicyclic) bond motifs is 3. The van der Waals surface area contributed by atoms with Gasteiger partial charge in [-0.05, 0) is 72.8 Å². The van der Waals surface area contributed by atoms with Crippen molar-refractivity contribution in [2.24, 2.45) is 0 Å². The fraction of sp³-hybridized carbons (Fsp3) is 0. The Morgan fingerprint density at radius 2 is 0.738 bits per heavy atom. The molecule has 42 heavy (non-hydrogen) atoms. The second-order valence-electron chi connectivity index (χ2n) is 9.67. The van der Waals surface area contributed by atoms with Gasteiger partial charge in [0.1, 0.15) is 17.5 Å². The third kappa shape index (κ3) is 4.19. The zero-order valence-electron chi connectivity index (χ0n) is 21.3. The van der Waals surface area contributed by atoms with Gasteiger partial charge in [0.05, 0.1) is 49.8 Å². The minimum absolute atomic E-state index is 0.123. The number of rotatable bonds is 6. The van der Waals surface area contributed by atoms with Crippen molar-refractivity contribution >= 4 is 51.0 Å². The van der Waals surface area contributed by atoms with Crippen molar-refractivity contribution in [3.8, 4) is 34.2 Å². The molecule has 0 aliphatic carbocycles. The zero-order valence-corrected chi connectivity index (χ0v) is 21.3. The molecule has 0 aliphatic heterocycles. The number of benzene rings is 4. The predicted octanol–water partition coefficient (Wildman–Crippen LogP) is 5.41. The van der Waals surface area contributed by atoms with E-state index in [0.717, 1.165) is 0 Å². The Balaban J connectivity index is 1.41. The average molecular weight is 559 g/mol. The van der Waals surface area contributed by atoms with Crippen molar-refractivity contribution in [1.29, 1.82) is 0 Å². The number of aromatic nitrogens is 6. The van der Waals surface area contributed by atoms with Crippen LogP contribution < -0.4 is 0 Å². The zero-order chi connectivity index (χ0) is 29.1. The maximum Gasteiger partial charge on any atom is 0.335 e. The van der Waals surface area contributed by atoms with Gasteiger partial charge in [0.25, 0.3) is 0 Å². The lowest BCUT2D eigenvalue weighted by atomic mass is 10.0. The number of nitrogens with one attached hydrogen (secondary N) is 3. The second-order valence-corrected chi connectivity index (χ2v) is 9.67. The summed E-state index contributed by atoms with van der Waals surface area (Å²) in [6.45, 7) is 0. The first-order valence-corrected chi connectivity index (χ1v) is 12.6. The molecule has 0 saturated carbocycles. The molecule has 0 aliphatic rings. The number of hydrogen-bond acceptors (Lipinski definition) is 6. The molecule has 7 aromatic rings. The SMILES string of the molecule is O=C(O)c1ccc2nc(-c3cc(-c4nc5ccc(C(=O)O)cc5[nH]4)cc(-c4nc5ccc(C(=O)O)cc5[nH]4)c3)[nH]c2c1. The van der Waals surface area contributed by atoms with Gasteiger partial charge in [-0.2, -0.15) is 0 Å². The molecule has 3 aromatic heterocycles. The molecular formula is C30H18N6O6. The van der Waals surface area contributed by atoms with Crippen LogP contribution in [0.5, 0.6) is 0 Å². The van der Waals surface area contributed by atoms with Gasteiger partial charge in [-0.15, -0.1) is 0 Å². The van der Waals surface area contributed by atoms with Crippen molar-refractivity contribution in [2.45, 2.75) is 0 Å². The van der Waals surface area contributed by atoms with E-state index in [2.05, 4.69) is 29.9 Å². The summed E-state index contributed by atoms with van der Waals surface area (Å²) in [5, 5.41) is 28.2. The molecule has 4 aromatic carbocycles. The van der Waals surface area contributed by atoms with E-state index in [-0.39, 0.29) is 16.7 Å². The molecule has 0 unspecified atom stereocenters. The Morgan fingerprint density at radius 1 is 0.452 bits per heavy atom. The third-order valence-corrected chi connectivity index (χ3v) is 6.94. The lowest BCUT2D eigenvalue weighted by Crippen LogP contribution is -1.94. The maximum absolute atomic E-state index is 11.5. The lowest BCUT2D eigenvalue weighted by Gasteiger charge is -2.06. The molecule has 204 valence electrons. The summed E-state index contributed by atoms with van der Waals surface area (Å²) in [5.41, 5.74) is 5.70. The Kier molecular flexibility index (Phi) is 5.37. The van der Waals surface area contributed by atoms with E-state index >= 15 is 0 Å². The van der Waals surface area contributed by atoms with Crippen LogP contribution in [-0.4, -0.2) is 63.1 Å². The van der Waals surface area contributed by atoms with Gasteiger partial charge < -0.3 is 30.3 Å². The van der Waals surface area contributed by atoms with Crippen LogP contribution in [-0.2, 0) is 0 Å². The number of carboxylic acids is 3. The highest BCUT2D eigenvalue weighted by molar-refractivity contribution is 5.95. The van der Waals surface area contributed by atoms with Crippen LogP contribution in [0.2, 0.25) is 0 Å². The third-order valence-electron chi connectivity index (χ3n) is 6.94. The molecule has 7 rings (SSSR count). The Labute approximate surface area is 234 Å². The molecule has 6 N–H and O–H groups in total. The van der Waals surface area contributed by atoms with Gasteiger partial charge in [-0.3, -0.25) is 0 Å². The van der Waals surface area contributed by atoms with Crippen molar-refractivity contribution in [3.05, 3.63) is 89.5 Å². The fourth-order valence-corrected chi connectivity index (χ4v) is 4.88. The number of imidazole rings is 3. The highest BCUT2D eigenvalue weighted by atomic mass is 16.4. The number of H-pyrrole nitrogens is 3. The molecule has 0 amide bonds. The van der Waals surface area contributed by atoms with E-state index in [9.17, 15) is 29.7 Å². The van der Waals surface area contributed by atoms with Crippen molar-refractivity contribution in [1.82, 2.24) is 29.9 Å². The minimum atomic E-state index is -1.05. The van der Waals surface area contributed by atoms with Gasteiger partial charge in [0.15, 0.2) is 0 Å². The van der Waals surface area contributed by atoms with Crippen LogP contribution in [0.25, 0.3) is 67.3 Å².